The molecule has 1 aliphatic heterocycles. The number of nitrogens with zero attached hydrogens (tertiary/aromatic N) is 1. The summed E-state index contributed by atoms with van der Waals surface area (Å²) in [5, 5.41) is 12.7. The summed E-state index contributed by atoms with van der Waals surface area (Å²) in [5.41, 5.74) is 0. The highest BCUT2D eigenvalue weighted by atomic mass is 32.2. The van der Waals surface area contributed by atoms with Crippen molar-refractivity contribution in [3.63, 3.8) is 0 Å². The molecule has 19 heavy (non-hydrogen) atoms. The maximum atomic E-state index is 12.2. The van der Waals surface area contributed by atoms with Crippen LogP contribution in [0, 0.1) is 11.8 Å². The predicted molar refractivity (Wildman–Crippen MR) is 75.3 cm³/mol. The fourth-order valence-corrected chi connectivity index (χ4v) is 4.01. The van der Waals surface area contributed by atoms with Crippen molar-refractivity contribution in [3.8, 4) is 0 Å². The molecule has 6 heteroatoms. The molecule has 5 nitrogen and oxygen atoms in total. The third kappa shape index (κ3) is 3.16. The maximum Gasteiger partial charge on any atom is 0.317 e. The van der Waals surface area contributed by atoms with Crippen molar-refractivity contribution >= 4 is 23.8 Å². The van der Waals surface area contributed by atoms with Crippen molar-refractivity contribution in [2.45, 2.75) is 37.5 Å². The first-order valence-electron chi connectivity index (χ1n) is 6.84. The molecule has 0 aromatic heterocycles. The highest BCUT2D eigenvalue weighted by molar-refractivity contribution is 7.99. The summed E-state index contributed by atoms with van der Waals surface area (Å²) in [5.74, 6) is -1.19. The number of aliphatic carboxylic acids is 1. The minimum atomic E-state index is -0.800. The number of carboxylic acid groups (broad SMARTS) is 1. The summed E-state index contributed by atoms with van der Waals surface area (Å²) in [6, 6.07) is 0.142. The zero-order valence-electron chi connectivity index (χ0n) is 11.5. The van der Waals surface area contributed by atoms with Crippen LogP contribution in [0.5, 0.6) is 0 Å². The number of rotatable bonds is 3. The first-order chi connectivity index (χ1) is 9.02. The Labute approximate surface area is 118 Å². The molecule has 0 spiro atoms. The van der Waals surface area contributed by atoms with Crippen molar-refractivity contribution < 1.29 is 14.7 Å². The van der Waals surface area contributed by atoms with E-state index in [1.54, 1.807) is 16.7 Å². The van der Waals surface area contributed by atoms with Gasteiger partial charge in [-0.2, -0.15) is 11.8 Å². The molecule has 0 aromatic carbocycles. The molecule has 2 amide bonds. The van der Waals surface area contributed by atoms with Crippen molar-refractivity contribution in [3.05, 3.63) is 0 Å². The third-order valence-corrected chi connectivity index (χ3v) is 5.45. The zero-order chi connectivity index (χ0) is 14.0. The predicted octanol–water partition coefficient (Wildman–Crippen LogP) is 1.63. The van der Waals surface area contributed by atoms with Gasteiger partial charge in [-0.15, -0.1) is 0 Å². The van der Waals surface area contributed by atoms with Crippen LogP contribution in [-0.2, 0) is 4.79 Å². The van der Waals surface area contributed by atoms with Crippen LogP contribution in [0.3, 0.4) is 0 Å². The number of hydrogen-bond donors (Lipinski definition) is 2. The molecule has 0 aromatic rings. The van der Waals surface area contributed by atoms with Crippen molar-refractivity contribution in [2.24, 2.45) is 11.8 Å². The first-order valence-corrected chi connectivity index (χ1v) is 8.12. The van der Waals surface area contributed by atoms with E-state index in [1.165, 1.54) is 0 Å². The topological polar surface area (TPSA) is 69.6 Å². The van der Waals surface area contributed by atoms with Gasteiger partial charge in [0.15, 0.2) is 0 Å². The molecule has 1 saturated carbocycles. The number of carbonyl (C=O) groups is 2. The third-order valence-electron chi connectivity index (χ3n) is 4.28. The van der Waals surface area contributed by atoms with Gasteiger partial charge in [-0.05, 0) is 25.0 Å². The van der Waals surface area contributed by atoms with Gasteiger partial charge < -0.3 is 15.3 Å². The van der Waals surface area contributed by atoms with E-state index in [4.69, 9.17) is 5.11 Å². The van der Waals surface area contributed by atoms with Gasteiger partial charge >= 0.3 is 12.0 Å². The zero-order valence-corrected chi connectivity index (χ0v) is 12.3. The lowest BCUT2D eigenvalue weighted by Gasteiger charge is -2.23. The Hall–Kier alpha value is -0.910. The average Bonchev–Trinajstić information content (AvgIpc) is 2.95. The van der Waals surface area contributed by atoms with Gasteiger partial charge in [0.1, 0.15) is 0 Å². The highest BCUT2D eigenvalue weighted by Gasteiger charge is 2.38. The maximum absolute atomic E-state index is 12.2. The summed E-state index contributed by atoms with van der Waals surface area (Å²) in [7, 11) is 0. The second-order valence-corrected chi connectivity index (χ2v) is 6.66. The van der Waals surface area contributed by atoms with E-state index in [0.29, 0.717) is 18.3 Å². The average molecular weight is 286 g/mol. The van der Waals surface area contributed by atoms with Crippen molar-refractivity contribution in [1.82, 2.24) is 10.2 Å². The lowest BCUT2D eigenvalue weighted by Crippen LogP contribution is -2.46. The molecule has 2 aliphatic rings. The second-order valence-electron chi connectivity index (χ2n) is 5.59. The molecule has 1 saturated heterocycles. The van der Waals surface area contributed by atoms with Gasteiger partial charge in [0.2, 0.25) is 0 Å². The van der Waals surface area contributed by atoms with Crippen LogP contribution in [0.25, 0.3) is 0 Å². The molecule has 108 valence electrons. The number of amides is 2. The summed E-state index contributed by atoms with van der Waals surface area (Å²) in [4.78, 5) is 24.9. The summed E-state index contributed by atoms with van der Waals surface area (Å²) < 4.78 is 0. The molecular weight excluding hydrogens is 264 g/mol. The Bertz CT molecular complexity index is 364. The van der Waals surface area contributed by atoms with Crippen LogP contribution < -0.4 is 5.32 Å². The molecule has 1 aliphatic carbocycles. The number of thioether (sulfide) groups is 1. The van der Waals surface area contributed by atoms with E-state index in [2.05, 4.69) is 11.6 Å². The SMILES string of the molecule is CSC1CCCC1NC(=O)N1CC(C)C(C(=O)O)C1. The van der Waals surface area contributed by atoms with Crippen LogP contribution in [-0.4, -0.2) is 52.6 Å². The van der Waals surface area contributed by atoms with E-state index in [-0.39, 0.29) is 18.0 Å². The minimum Gasteiger partial charge on any atom is -0.481 e. The monoisotopic (exact) mass is 286 g/mol. The van der Waals surface area contributed by atoms with Gasteiger partial charge in [-0.1, -0.05) is 13.3 Å². The van der Waals surface area contributed by atoms with Crippen LogP contribution in [0.15, 0.2) is 0 Å². The summed E-state index contributed by atoms with van der Waals surface area (Å²) in [6.07, 6.45) is 5.42. The molecule has 0 bridgehead atoms. The van der Waals surface area contributed by atoms with Gasteiger partial charge in [0.25, 0.3) is 0 Å². The molecule has 0 radical (unpaired) electrons. The standard InChI is InChI=1S/C13H22N2O3S/c1-8-6-15(7-9(8)12(16)17)13(18)14-10-4-3-5-11(10)19-2/h8-11H,3-7H2,1-2H3,(H,14,18)(H,16,17). The minimum absolute atomic E-state index is 0.0307. The Morgan fingerprint density at radius 2 is 2.05 bits per heavy atom. The quantitative estimate of drug-likeness (QED) is 0.827. The second kappa shape index (κ2) is 6.03. The molecule has 2 rings (SSSR count). The molecule has 1 heterocycles. The van der Waals surface area contributed by atoms with Crippen molar-refractivity contribution in [1.29, 1.82) is 0 Å². The number of urea groups is 1. The molecule has 2 N–H and O–H groups in total. The van der Waals surface area contributed by atoms with E-state index in [9.17, 15) is 9.59 Å². The molecular formula is C13H22N2O3S. The fraction of sp³-hybridized carbons (Fsp3) is 0.846. The largest absolute Gasteiger partial charge is 0.481 e. The lowest BCUT2D eigenvalue weighted by molar-refractivity contribution is -0.142. The van der Waals surface area contributed by atoms with Crippen LogP contribution in [0.4, 0.5) is 4.79 Å². The van der Waals surface area contributed by atoms with E-state index in [1.807, 2.05) is 6.92 Å². The van der Waals surface area contributed by atoms with Gasteiger partial charge in [0.05, 0.1) is 5.92 Å². The summed E-state index contributed by atoms with van der Waals surface area (Å²) in [6.45, 7) is 2.77. The smallest absolute Gasteiger partial charge is 0.317 e. The van der Waals surface area contributed by atoms with Crippen LogP contribution >= 0.6 is 11.8 Å². The molecule has 4 unspecified atom stereocenters. The lowest BCUT2D eigenvalue weighted by atomic mass is 9.99. The summed E-state index contributed by atoms with van der Waals surface area (Å²) >= 11 is 1.80. The molecule has 2 fully saturated rings. The van der Waals surface area contributed by atoms with E-state index >= 15 is 0 Å². The normalized spacial score (nSPS) is 34.5. The molecule has 4 atom stereocenters. The van der Waals surface area contributed by atoms with E-state index < -0.39 is 11.9 Å². The first kappa shape index (κ1) is 14.5. The van der Waals surface area contributed by atoms with Gasteiger partial charge in [0, 0.05) is 24.4 Å². The van der Waals surface area contributed by atoms with Gasteiger partial charge in [-0.25, -0.2) is 4.79 Å². The van der Waals surface area contributed by atoms with E-state index in [0.717, 1.165) is 19.3 Å². The highest BCUT2D eigenvalue weighted by Crippen LogP contribution is 2.29. The number of hydrogen-bond acceptors (Lipinski definition) is 3. The van der Waals surface area contributed by atoms with Crippen molar-refractivity contribution in [2.75, 3.05) is 19.3 Å². The van der Waals surface area contributed by atoms with Crippen LogP contribution in [0.1, 0.15) is 26.2 Å². The Balaban J connectivity index is 1.89. The van der Waals surface area contributed by atoms with Crippen LogP contribution in [0.2, 0.25) is 0 Å². The van der Waals surface area contributed by atoms with Gasteiger partial charge in [-0.3, -0.25) is 4.79 Å². The number of carbonyl (C=O) groups excluding carboxylic acids is 1. The number of nitrogens with one attached hydrogen (secondary N) is 1. The number of carboxylic acids is 1. The Kier molecular flexibility index (Phi) is 4.60. The fourth-order valence-electron chi connectivity index (χ4n) is 3.08. The Morgan fingerprint density at radius 1 is 1.32 bits per heavy atom. The number of likely N-dealkylation sites (tertiary alicyclic amines) is 1. The Morgan fingerprint density at radius 3 is 2.63 bits per heavy atom.